The number of benzene rings is 2. The minimum absolute atomic E-state index is 0.00825. The Morgan fingerprint density at radius 1 is 1.14 bits per heavy atom. The van der Waals surface area contributed by atoms with E-state index in [1.54, 1.807) is 23.5 Å². The quantitative estimate of drug-likeness (QED) is 0.0774. The summed E-state index contributed by atoms with van der Waals surface area (Å²) < 4.78 is 21.5. The van der Waals surface area contributed by atoms with E-state index in [2.05, 4.69) is 42.6 Å². The number of aryl methyl sites for hydroxylation is 1. The average Bonchev–Trinajstić information content (AvgIpc) is 3.72. The average molecular weight is 701 g/mol. The van der Waals surface area contributed by atoms with Crippen molar-refractivity contribution in [3.63, 3.8) is 0 Å². The number of para-hydroxylation sites is 1. The van der Waals surface area contributed by atoms with Crippen molar-refractivity contribution < 1.29 is 19.0 Å². The third-order valence-electron chi connectivity index (χ3n) is 8.02. The molecule has 0 radical (unpaired) electrons. The lowest BCUT2D eigenvalue weighted by atomic mass is 10.0. The van der Waals surface area contributed by atoms with Crippen LogP contribution in [0.2, 0.25) is 0 Å². The Kier molecular flexibility index (Phi) is 11.3. The smallest absolute Gasteiger partial charge is 0.355 e. The van der Waals surface area contributed by atoms with Crippen LogP contribution in [0.3, 0.4) is 0 Å². The fourth-order valence-corrected chi connectivity index (χ4v) is 7.49. The molecule has 4 heterocycles. The second-order valence-electron chi connectivity index (χ2n) is 11.5. The molecule has 14 heteroatoms. The number of carboxylic acid groups (broad SMARTS) is 1. The lowest BCUT2D eigenvalue weighted by Gasteiger charge is -2.28. The summed E-state index contributed by atoms with van der Waals surface area (Å²) in [7, 11) is 0. The number of nitrogens with two attached hydrogens (primary N) is 1. The maximum Gasteiger partial charge on any atom is 0.355 e. The molecule has 1 aliphatic rings. The fraction of sp³-hybridized carbons (Fsp3) is 0.343. The van der Waals surface area contributed by atoms with Crippen LogP contribution in [0.4, 0.5) is 26.3 Å². The van der Waals surface area contributed by atoms with Gasteiger partial charge in [-0.3, -0.25) is 0 Å². The second-order valence-corrected chi connectivity index (χ2v) is 13.6. The first-order valence-electron chi connectivity index (χ1n) is 16.2. The summed E-state index contributed by atoms with van der Waals surface area (Å²) in [4.78, 5) is 23.9. The van der Waals surface area contributed by atoms with Crippen molar-refractivity contribution in [2.75, 3.05) is 43.0 Å². The topological polar surface area (TPSA) is 151 Å². The van der Waals surface area contributed by atoms with Gasteiger partial charge < -0.3 is 31.1 Å². The summed E-state index contributed by atoms with van der Waals surface area (Å²) in [6.45, 7) is 4.90. The lowest BCUT2D eigenvalue weighted by Crippen LogP contribution is -2.27. The van der Waals surface area contributed by atoms with Gasteiger partial charge in [-0.2, -0.15) is 0 Å². The Morgan fingerprint density at radius 2 is 2.02 bits per heavy atom. The molecular weight excluding hydrogens is 664 g/mol. The van der Waals surface area contributed by atoms with Crippen molar-refractivity contribution >= 4 is 60.8 Å². The molecule has 0 atom stereocenters. The third kappa shape index (κ3) is 8.31. The highest BCUT2D eigenvalue weighted by molar-refractivity contribution is 7.22. The molecule has 2 aromatic carbocycles. The van der Waals surface area contributed by atoms with Crippen LogP contribution in [0.15, 0.2) is 42.5 Å². The molecule has 0 amide bonds. The van der Waals surface area contributed by atoms with E-state index in [0.717, 1.165) is 58.7 Å². The standard InChI is InChI=1S/C35H37FN8O3S2/c1-22-24-10-7-19-44(32(24)43-42-31(22)41-34-39-26-11-2-3-12-28(26)48-34)35-40-30(33(45)46)29(49-35)13-8-20-47-27-15-14-23(21-25(27)36)9-6-18-38-17-5-4-16-37/h2-3,11-12,14-15,21,38H,4-5,7-8,10,13,16-20,37H2,1H3,(H,45,46)(H,39,41,42). The summed E-state index contributed by atoms with van der Waals surface area (Å²) >= 11 is 2.88. The largest absolute Gasteiger partial charge is 0.491 e. The monoisotopic (exact) mass is 700 g/mol. The number of thiazole rings is 2. The molecule has 6 rings (SSSR count). The first-order valence-corrected chi connectivity index (χ1v) is 17.9. The number of aromatic nitrogens is 4. The molecule has 3 aromatic heterocycles. The Morgan fingerprint density at radius 3 is 2.84 bits per heavy atom. The van der Waals surface area contributed by atoms with Gasteiger partial charge in [0, 0.05) is 28.1 Å². The van der Waals surface area contributed by atoms with Crippen LogP contribution >= 0.6 is 22.7 Å². The predicted molar refractivity (Wildman–Crippen MR) is 192 cm³/mol. The zero-order valence-electron chi connectivity index (χ0n) is 27.1. The molecule has 5 aromatic rings. The van der Waals surface area contributed by atoms with Crippen LogP contribution in [-0.4, -0.2) is 64.0 Å². The van der Waals surface area contributed by atoms with Gasteiger partial charge in [0.25, 0.3) is 0 Å². The van der Waals surface area contributed by atoms with Crippen LogP contribution in [0.25, 0.3) is 10.2 Å². The van der Waals surface area contributed by atoms with Crippen LogP contribution in [0.1, 0.15) is 57.7 Å². The minimum Gasteiger partial charge on any atom is -0.491 e. The van der Waals surface area contributed by atoms with Crippen molar-refractivity contribution in [1.82, 2.24) is 25.5 Å². The van der Waals surface area contributed by atoms with E-state index in [4.69, 9.17) is 10.5 Å². The molecule has 1 aliphatic heterocycles. The summed E-state index contributed by atoms with van der Waals surface area (Å²) in [5, 5.41) is 26.9. The minimum atomic E-state index is -1.10. The number of hydrogen-bond donors (Lipinski definition) is 4. The summed E-state index contributed by atoms with van der Waals surface area (Å²) in [6, 6.07) is 12.6. The van der Waals surface area contributed by atoms with Crippen LogP contribution < -0.4 is 26.0 Å². The number of rotatable bonds is 14. The van der Waals surface area contributed by atoms with E-state index in [1.807, 2.05) is 36.1 Å². The van der Waals surface area contributed by atoms with Crippen LogP contribution in [-0.2, 0) is 12.8 Å². The number of nitrogens with zero attached hydrogens (tertiary/aromatic N) is 5. The van der Waals surface area contributed by atoms with Crippen molar-refractivity contribution in [1.29, 1.82) is 0 Å². The van der Waals surface area contributed by atoms with Gasteiger partial charge >= 0.3 is 5.97 Å². The summed E-state index contributed by atoms with van der Waals surface area (Å²) in [5.41, 5.74) is 9.00. The van der Waals surface area contributed by atoms with Gasteiger partial charge in [-0.15, -0.1) is 21.5 Å². The lowest BCUT2D eigenvalue weighted by molar-refractivity contribution is 0.0690. The van der Waals surface area contributed by atoms with Gasteiger partial charge in [-0.05, 0) is 88.9 Å². The van der Waals surface area contributed by atoms with E-state index < -0.39 is 11.8 Å². The maximum absolute atomic E-state index is 14.7. The third-order valence-corrected chi connectivity index (χ3v) is 10.1. The second kappa shape index (κ2) is 16.1. The highest BCUT2D eigenvalue weighted by Crippen LogP contribution is 2.39. The highest BCUT2D eigenvalue weighted by Gasteiger charge is 2.28. The molecule has 254 valence electrons. The van der Waals surface area contributed by atoms with E-state index in [9.17, 15) is 14.3 Å². The number of fused-ring (bicyclic) bond motifs is 2. The Balaban J connectivity index is 1.08. The summed E-state index contributed by atoms with van der Waals surface area (Å²) in [6.07, 6.45) is 4.53. The highest BCUT2D eigenvalue weighted by atomic mass is 32.1. The van der Waals surface area contributed by atoms with Gasteiger partial charge in [-0.1, -0.05) is 35.3 Å². The van der Waals surface area contributed by atoms with Crippen LogP contribution in [0.5, 0.6) is 5.75 Å². The molecule has 49 heavy (non-hydrogen) atoms. The predicted octanol–water partition coefficient (Wildman–Crippen LogP) is 6.21. The number of carbonyl (C=O) groups is 1. The SMILES string of the molecule is Cc1c(Nc2nc3ccccc3s2)nnc2c1CCCN2c1nc(C(=O)O)c(CCCOc2ccc(C#CCNCCCCN)cc2F)s1. The van der Waals surface area contributed by atoms with E-state index in [-0.39, 0.29) is 18.1 Å². The van der Waals surface area contributed by atoms with Crippen molar-refractivity contribution in [3.8, 4) is 17.6 Å². The van der Waals surface area contributed by atoms with Crippen molar-refractivity contribution in [3.05, 3.63) is 75.5 Å². The molecule has 0 bridgehead atoms. The molecule has 0 saturated heterocycles. The number of ether oxygens (including phenoxy) is 1. The molecule has 0 saturated carbocycles. The molecule has 0 spiro atoms. The van der Waals surface area contributed by atoms with Gasteiger partial charge in [0.05, 0.1) is 23.4 Å². The van der Waals surface area contributed by atoms with E-state index in [1.165, 1.54) is 17.4 Å². The number of anilines is 4. The van der Waals surface area contributed by atoms with E-state index >= 15 is 0 Å². The van der Waals surface area contributed by atoms with Gasteiger partial charge in [0.15, 0.2) is 39.2 Å². The van der Waals surface area contributed by atoms with Crippen LogP contribution in [0, 0.1) is 24.6 Å². The molecule has 11 nitrogen and oxygen atoms in total. The Bertz CT molecular complexity index is 1970. The van der Waals surface area contributed by atoms with Crippen molar-refractivity contribution in [2.24, 2.45) is 5.73 Å². The molecule has 0 unspecified atom stereocenters. The first-order chi connectivity index (χ1) is 23.9. The first kappa shape index (κ1) is 34.2. The molecular formula is C35H37FN8O3S2. The fourth-order valence-electron chi connectivity index (χ4n) is 5.50. The van der Waals surface area contributed by atoms with Crippen molar-refractivity contribution in [2.45, 2.75) is 45.4 Å². The maximum atomic E-state index is 14.7. The number of unbranched alkanes of at least 4 members (excludes halogenated alkanes) is 1. The van der Waals surface area contributed by atoms with Gasteiger partial charge in [0.2, 0.25) is 0 Å². The summed E-state index contributed by atoms with van der Waals surface area (Å²) in [5.74, 6) is 5.81. The number of halogens is 1. The van der Waals surface area contributed by atoms with Gasteiger partial charge in [0.1, 0.15) is 0 Å². The van der Waals surface area contributed by atoms with E-state index in [0.29, 0.717) is 59.7 Å². The zero-order valence-corrected chi connectivity index (χ0v) is 28.7. The molecule has 5 N–H and O–H groups in total. The molecule has 0 fully saturated rings. The Labute approximate surface area is 291 Å². The normalized spacial score (nSPS) is 12.4. The number of aromatic carboxylic acids is 1. The number of hydrogen-bond acceptors (Lipinski definition) is 12. The number of carboxylic acids is 1. The van der Waals surface area contributed by atoms with Gasteiger partial charge in [-0.25, -0.2) is 19.2 Å². The molecule has 0 aliphatic carbocycles. The Hall–Kier alpha value is -4.68. The number of nitrogens with one attached hydrogen (secondary N) is 2. The zero-order chi connectivity index (χ0) is 34.2.